The van der Waals surface area contributed by atoms with Crippen molar-refractivity contribution in [3.05, 3.63) is 12.0 Å². The minimum atomic E-state index is -0.270. The average molecular weight is 187 g/mol. The van der Waals surface area contributed by atoms with Crippen molar-refractivity contribution in [2.45, 2.75) is 0 Å². The van der Waals surface area contributed by atoms with Crippen LogP contribution >= 0.6 is 0 Å². The molecule has 0 fully saturated rings. The highest BCUT2D eigenvalue weighted by Gasteiger charge is 2.18. The Morgan fingerprint density at radius 3 is 3.00 bits per heavy atom. The highest BCUT2D eigenvalue weighted by Crippen LogP contribution is 2.06. The molecule has 1 aliphatic heterocycles. The maximum atomic E-state index is 11.4. The maximum Gasteiger partial charge on any atom is 0.292 e. The molecule has 0 saturated heterocycles. The summed E-state index contributed by atoms with van der Waals surface area (Å²) in [6.07, 6.45) is 1.31. The van der Waals surface area contributed by atoms with Crippen molar-refractivity contribution in [1.82, 2.24) is 4.90 Å². The van der Waals surface area contributed by atoms with Gasteiger partial charge in [0.25, 0.3) is 5.91 Å². The summed E-state index contributed by atoms with van der Waals surface area (Å²) in [5.74, 6) is -0.0732. The molecule has 5 nitrogen and oxygen atoms in total. The molecule has 0 atom stereocenters. The van der Waals surface area contributed by atoms with Crippen LogP contribution in [0.25, 0.3) is 0 Å². The average Bonchev–Trinajstić information content (AvgIpc) is 2.18. The summed E-state index contributed by atoms with van der Waals surface area (Å²) >= 11 is 0. The third kappa shape index (κ3) is 2.62. The summed E-state index contributed by atoms with van der Waals surface area (Å²) < 4.78 is 10.0. The van der Waals surface area contributed by atoms with Crippen LogP contribution < -0.4 is 0 Å². The van der Waals surface area contributed by atoms with E-state index in [0.29, 0.717) is 19.8 Å². The summed E-state index contributed by atoms with van der Waals surface area (Å²) in [5.41, 5.74) is 0. The number of rotatable bonds is 3. The molecule has 0 unspecified atom stereocenters. The van der Waals surface area contributed by atoms with Crippen molar-refractivity contribution >= 4 is 5.91 Å². The molecule has 1 amide bonds. The van der Waals surface area contributed by atoms with Gasteiger partial charge >= 0.3 is 0 Å². The number of carbonyl (C=O) groups is 1. The van der Waals surface area contributed by atoms with E-state index in [-0.39, 0.29) is 18.3 Å². The van der Waals surface area contributed by atoms with Crippen LogP contribution in [0.3, 0.4) is 0 Å². The number of aliphatic hydroxyl groups excluding tert-OH is 1. The molecule has 74 valence electrons. The summed E-state index contributed by atoms with van der Waals surface area (Å²) in [6, 6.07) is 0. The van der Waals surface area contributed by atoms with E-state index in [9.17, 15) is 4.79 Å². The quantitative estimate of drug-likeness (QED) is 0.636. The Balaban J connectivity index is 2.50. The predicted molar refractivity (Wildman–Crippen MR) is 44.7 cm³/mol. The van der Waals surface area contributed by atoms with Crippen molar-refractivity contribution < 1.29 is 19.4 Å². The Labute approximate surface area is 76.5 Å². The van der Waals surface area contributed by atoms with E-state index >= 15 is 0 Å². The van der Waals surface area contributed by atoms with E-state index in [1.165, 1.54) is 11.2 Å². The van der Waals surface area contributed by atoms with Gasteiger partial charge in [-0.15, -0.1) is 0 Å². The van der Waals surface area contributed by atoms with Gasteiger partial charge in [-0.3, -0.25) is 4.79 Å². The molecule has 1 N–H and O–H groups in total. The standard InChI is InChI=1S/C8H13NO4/c1-9(2-3-10)8(11)7-6-12-4-5-13-7/h6,10H,2-5H2,1H3. The number of aliphatic hydroxyl groups is 1. The lowest BCUT2D eigenvalue weighted by atomic mass is 10.4. The van der Waals surface area contributed by atoms with Gasteiger partial charge in [0.1, 0.15) is 19.5 Å². The van der Waals surface area contributed by atoms with Crippen LogP contribution in [-0.4, -0.2) is 49.3 Å². The molecule has 1 aliphatic rings. The number of hydrogen-bond acceptors (Lipinski definition) is 4. The second-order valence-electron chi connectivity index (χ2n) is 2.65. The van der Waals surface area contributed by atoms with E-state index < -0.39 is 0 Å². The van der Waals surface area contributed by atoms with Crippen molar-refractivity contribution in [2.75, 3.05) is 33.4 Å². The SMILES string of the molecule is CN(CCO)C(=O)C1=COCCO1. The third-order valence-electron chi connectivity index (χ3n) is 1.64. The number of hydrogen-bond donors (Lipinski definition) is 1. The number of amides is 1. The van der Waals surface area contributed by atoms with Crippen LogP contribution in [0.4, 0.5) is 0 Å². The van der Waals surface area contributed by atoms with Crippen molar-refractivity contribution in [1.29, 1.82) is 0 Å². The molecule has 1 rings (SSSR count). The monoisotopic (exact) mass is 187 g/mol. The molecule has 0 aliphatic carbocycles. The molecular weight excluding hydrogens is 174 g/mol. The first-order chi connectivity index (χ1) is 6.25. The molecule has 0 spiro atoms. The van der Waals surface area contributed by atoms with Gasteiger partial charge < -0.3 is 19.5 Å². The lowest BCUT2D eigenvalue weighted by molar-refractivity contribution is -0.131. The zero-order chi connectivity index (χ0) is 9.68. The Bertz CT molecular complexity index is 214. The second kappa shape index (κ2) is 4.71. The fraction of sp³-hybridized carbons (Fsp3) is 0.625. The fourth-order valence-electron chi connectivity index (χ4n) is 0.920. The number of likely N-dealkylation sites (N-methyl/N-ethyl adjacent to an activating group) is 1. The van der Waals surface area contributed by atoms with Crippen molar-refractivity contribution in [3.63, 3.8) is 0 Å². The van der Waals surface area contributed by atoms with Gasteiger partial charge in [0.2, 0.25) is 5.76 Å². The first-order valence-electron chi connectivity index (χ1n) is 4.06. The fourth-order valence-corrected chi connectivity index (χ4v) is 0.920. The lowest BCUT2D eigenvalue weighted by Crippen LogP contribution is -2.32. The molecule has 0 aromatic heterocycles. The Morgan fingerprint density at radius 1 is 1.69 bits per heavy atom. The zero-order valence-corrected chi connectivity index (χ0v) is 7.52. The molecule has 0 aromatic carbocycles. The van der Waals surface area contributed by atoms with Crippen LogP contribution in [0.15, 0.2) is 12.0 Å². The van der Waals surface area contributed by atoms with Gasteiger partial charge in [0.05, 0.1) is 6.61 Å². The molecule has 0 bridgehead atoms. The van der Waals surface area contributed by atoms with Gasteiger partial charge in [0.15, 0.2) is 0 Å². The first-order valence-corrected chi connectivity index (χ1v) is 4.06. The summed E-state index contributed by atoms with van der Waals surface area (Å²) in [6.45, 7) is 1.10. The van der Waals surface area contributed by atoms with E-state index in [4.69, 9.17) is 14.6 Å². The second-order valence-corrected chi connectivity index (χ2v) is 2.65. The van der Waals surface area contributed by atoms with Gasteiger partial charge in [-0.1, -0.05) is 0 Å². The molecule has 5 heteroatoms. The smallest absolute Gasteiger partial charge is 0.292 e. The maximum absolute atomic E-state index is 11.4. The van der Waals surface area contributed by atoms with Crippen LogP contribution in [0, 0.1) is 0 Å². The van der Waals surface area contributed by atoms with Crippen LogP contribution in [0.2, 0.25) is 0 Å². The molecule has 0 radical (unpaired) electrons. The highest BCUT2D eigenvalue weighted by molar-refractivity contribution is 5.91. The lowest BCUT2D eigenvalue weighted by Gasteiger charge is -2.20. The number of carbonyl (C=O) groups excluding carboxylic acids is 1. The minimum Gasteiger partial charge on any atom is -0.494 e. The summed E-state index contributed by atoms with van der Waals surface area (Å²) in [7, 11) is 1.59. The Morgan fingerprint density at radius 2 is 2.46 bits per heavy atom. The number of nitrogens with zero attached hydrogens (tertiary/aromatic N) is 1. The van der Waals surface area contributed by atoms with Gasteiger partial charge in [0, 0.05) is 13.6 Å². The molecule has 0 aromatic rings. The zero-order valence-electron chi connectivity index (χ0n) is 7.52. The van der Waals surface area contributed by atoms with Gasteiger partial charge in [-0.2, -0.15) is 0 Å². The van der Waals surface area contributed by atoms with Crippen LogP contribution in [0.1, 0.15) is 0 Å². The van der Waals surface area contributed by atoms with Crippen molar-refractivity contribution in [2.24, 2.45) is 0 Å². The molecular formula is C8H13NO4. The Hall–Kier alpha value is -1.23. The highest BCUT2D eigenvalue weighted by atomic mass is 16.6. The number of ether oxygens (including phenoxy) is 2. The van der Waals surface area contributed by atoms with E-state index in [1.54, 1.807) is 7.05 Å². The van der Waals surface area contributed by atoms with E-state index in [2.05, 4.69) is 0 Å². The Kier molecular flexibility index (Phi) is 3.57. The molecule has 1 heterocycles. The van der Waals surface area contributed by atoms with E-state index in [0.717, 1.165) is 0 Å². The largest absolute Gasteiger partial charge is 0.494 e. The topological polar surface area (TPSA) is 59.0 Å². The summed E-state index contributed by atoms with van der Waals surface area (Å²) in [5, 5.41) is 8.60. The van der Waals surface area contributed by atoms with E-state index in [1.807, 2.05) is 0 Å². The third-order valence-corrected chi connectivity index (χ3v) is 1.64. The predicted octanol–water partition coefficient (Wildman–Crippen LogP) is -0.675. The van der Waals surface area contributed by atoms with Gasteiger partial charge in [-0.25, -0.2) is 0 Å². The summed E-state index contributed by atoms with van der Waals surface area (Å²) in [4.78, 5) is 12.8. The van der Waals surface area contributed by atoms with Gasteiger partial charge in [-0.05, 0) is 0 Å². The van der Waals surface area contributed by atoms with Crippen LogP contribution in [0.5, 0.6) is 0 Å². The normalized spacial score (nSPS) is 15.4. The van der Waals surface area contributed by atoms with Crippen molar-refractivity contribution in [3.8, 4) is 0 Å². The van der Waals surface area contributed by atoms with Crippen LogP contribution in [-0.2, 0) is 14.3 Å². The molecule has 0 saturated carbocycles. The first kappa shape index (κ1) is 9.85. The minimum absolute atomic E-state index is 0.0591. The molecule has 13 heavy (non-hydrogen) atoms.